The number of rotatable bonds is 4. The minimum atomic E-state index is -0.769. The van der Waals surface area contributed by atoms with Crippen LogP contribution in [0.2, 0.25) is 0 Å². The Hall–Kier alpha value is -0.470. The first-order valence-electron chi connectivity index (χ1n) is 8.96. The standard InChI is InChI=1S/C17H22Br2N2O4/c1-7(15(22)20-6-8-3-2-4-25-8)21-16(23)11-9-5-10(12(11)17(21)24)14(19)13(9)18/h7-14H,2-6H2,1H3,(H,20,22)/t7-,8+,9-,10-,11-,12+,13-,14+/m1/s1. The Morgan fingerprint density at radius 3 is 2.36 bits per heavy atom. The van der Waals surface area contributed by atoms with E-state index in [1.807, 2.05) is 0 Å². The van der Waals surface area contributed by atoms with E-state index in [0.29, 0.717) is 6.54 Å². The Balaban J connectivity index is 1.45. The molecule has 3 amide bonds. The van der Waals surface area contributed by atoms with Gasteiger partial charge in [-0.1, -0.05) is 31.9 Å². The number of nitrogens with zero attached hydrogens (tertiary/aromatic N) is 1. The average molecular weight is 478 g/mol. The maximum Gasteiger partial charge on any atom is 0.243 e. The fourth-order valence-electron chi connectivity index (χ4n) is 5.04. The maximum atomic E-state index is 12.9. The smallest absolute Gasteiger partial charge is 0.243 e. The summed E-state index contributed by atoms with van der Waals surface area (Å²) in [5.74, 6) is -0.841. The van der Waals surface area contributed by atoms with E-state index in [2.05, 4.69) is 37.2 Å². The van der Waals surface area contributed by atoms with E-state index < -0.39 is 6.04 Å². The number of carbonyl (C=O) groups excluding carboxylic acids is 3. The van der Waals surface area contributed by atoms with Crippen LogP contribution in [-0.4, -0.2) is 57.6 Å². The van der Waals surface area contributed by atoms with Crippen LogP contribution in [0.3, 0.4) is 0 Å². The molecule has 4 aliphatic rings. The molecule has 0 unspecified atom stereocenters. The predicted octanol–water partition coefficient (Wildman–Crippen LogP) is 1.45. The van der Waals surface area contributed by atoms with E-state index in [9.17, 15) is 14.4 Å². The quantitative estimate of drug-likeness (QED) is 0.491. The van der Waals surface area contributed by atoms with Gasteiger partial charge in [0.2, 0.25) is 17.7 Å². The molecule has 2 saturated carbocycles. The summed E-state index contributed by atoms with van der Waals surface area (Å²) in [6.07, 6.45) is 2.88. The van der Waals surface area contributed by atoms with Crippen molar-refractivity contribution in [3.63, 3.8) is 0 Å². The Bertz CT molecular complexity index is 577. The molecule has 0 aromatic heterocycles. The molecule has 2 heterocycles. The Morgan fingerprint density at radius 2 is 1.84 bits per heavy atom. The molecule has 6 nitrogen and oxygen atoms in total. The first kappa shape index (κ1) is 17.9. The number of carbonyl (C=O) groups is 3. The summed E-state index contributed by atoms with van der Waals surface area (Å²) in [5, 5.41) is 2.84. The van der Waals surface area contributed by atoms with Gasteiger partial charge in [-0.2, -0.15) is 0 Å². The van der Waals surface area contributed by atoms with Crippen molar-refractivity contribution >= 4 is 49.6 Å². The molecule has 2 aliphatic carbocycles. The zero-order valence-electron chi connectivity index (χ0n) is 14.0. The van der Waals surface area contributed by atoms with Gasteiger partial charge in [0.15, 0.2) is 0 Å². The normalized spacial score (nSPS) is 43.6. The monoisotopic (exact) mass is 476 g/mol. The number of ether oxygens (including phenoxy) is 1. The fourth-order valence-corrected chi connectivity index (χ4v) is 6.91. The number of fused-ring (bicyclic) bond motifs is 5. The number of likely N-dealkylation sites (tertiary alicyclic amines) is 1. The Kier molecular flexibility index (Phi) is 4.73. The van der Waals surface area contributed by atoms with Crippen LogP contribution in [0.15, 0.2) is 0 Å². The van der Waals surface area contributed by atoms with Crippen molar-refractivity contribution in [2.24, 2.45) is 23.7 Å². The van der Waals surface area contributed by atoms with Gasteiger partial charge in [0.25, 0.3) is 0 Å². The van der Waals surface area contributed by atoms with E-state index >= 15 is 0 Å². The summed E-state index contributed by atoms with van der Waals surface area (Å²) in [7, 11) is 0. The van der Waals surface area contributed by atoms with Crippen LogP contribution in [0.25, 0.3) is 0 Å². The summed E-state index contributed by atoms with van der Waals surface area (Å²) in [5.41, 5.74) is 0. The zero-order valence-corrected chi connectivity index (χ0v) is 17.2. The topological polar surface area (TPSA) is 75.7 Å². The third kappa shape index (κ3) is 2.70. The predicted molar refractivity (Wildman–Crippen MR) is 97.3 cm³/mol. The molecule has 0 aromatic carbocycles. The molecule has 0 spiro atoms. The van der Waals surface area contributed by atoms with E-state index in [1.165, 1.54) is 4.90 Å². The zero-order chi connectivity index (χ0) is 17.9. The highest BCUT2D eigenvalue weighted by atomic mass is 79.9. The van der Waals surface area contributed by atoms with Gasteiger partial charge in [-0.05, 0) is 38.0 Å². The Labute approximate surface area is 163 Å². The van der Waals surface area contributed by atoms with Gasteiger partial charge in [0, 0.05) is 22.8 Å². The number of halogens is 2. The van der Waals surface area contributed by atoms with Gasteiger partial charge >= 0.3 is 0 Å². The molecular formula is C17H22Br2N2O4. The molecule has 0 radical (unpaired) electrons. The lowest BCUT2D eigenvalue weighted by Gasteiger charge is -2.28. The minimum absolute atomic E-state index is 0.0414. The molecule has 0 aromatic rings. The molecule has 4 fully saturated rings. The number of hydrogen-bond donors (Lipinski definition) is 1. The fraction of sp³-hybridized carbons (Fsp3) is 0.824. The number of hydrogen-bond acceptors (Lipinski definition) is 4. The van der Waals surface area contributed by atoms with Gasteiger partial charge in [-0.15, -0.1) is 0 Å². The second kappa shape index (κ2) is 6.60. The van der Waals surface area contributed by atoms with Crippen molar-refractivity contribution in [3.8, 4) is 0 Å². The molecule has 138 valence electrons. The number of nitrogens with one attached hydrogen (secondary N) is 1. The van der Waals surface area contributed by atoms with Crippen molar-refractivity contribution < 1.29 is 19.1 Å². The lowest BCUT2D eigenvalue weighted by atomic mass is 9.81. The van der Waals surface area contributed by atoms with E-state index in [-0.39, 0.29) is 57.2 Å². The SMILES string of the molecule is C[C@H](C(=O)NC[C@@H]1CCCO1)N1C(=O)[C@@H]2[C@H]3C[C@@H]([C@H](Br)[C@@H]3Br)[C@@H]2C1=O. The lowest BCUT2D eigenvalue weighted by Crippen LogP contribution is -2.50. The highest BCUT2D eigenvalue weighted by Gasteiger charge is 2.67. The number of alkyl halides is 2. The minimum Gasteiger partial charge on any atom is -0.376 e. The van der Waals surface area contributed by atoms with Crippen LogP contribution >= 0.6 is 31.9 Å². The van der Waals surface area contributed by atoms with Gasteiger partial charge < -0.3 is 10.1 Å². The average Bonchev–Trinajstić information content (AvgIpc) is 3.33. The summed E-state index contributed by atoms with van der Waals surface area (Å²) >= 11 is 7.34. The van der Waals surface area contributed by atoms with Crippen LogP contribution in [-0.2, 0) is 19.1 Å². The summed E-state index contributed by atoms with van der Waals surface area (Å²) in [4.78, 5) is 39.9. The summed E-state index contributed by atoms with van der Waals surface area (Å²) < 4.78 is 5.50. The Morgan fingerprint density at radius 1 is 1.24 bits per heavy atom. The largest absolute Gasteiger partial charge is 0.376 e. The second-order valence-electron chi connectivity index (χ2n) is 7.61. The number of imide groups is 1. The molecule has 1 N–H and O–H groups in total. The van der Waals surface area contributed by atoms with Gasteiger partial charge in [0.1, 0.15) is 6.04 Å². The van der Waals surface area contributed by atoms with Gasteiger partial charge in [0.05, 0.1) is 17.9 Å². The van der Waals surface area contributed by atoms with Crippen LogP contribution in [0.1, 0.15) is 26.2 Å². The van der Waals surface area contributed by atoms with E-state index in [4.69, 9.17) is 4.74 Å². The van der Waals surface area contributed by atoms with Crippen molar-refractivity contribution in [3.05, 3.63) is 0 Å². The van der Waals surface area contributed by atoms with Crippen LogP contribution in [0.5, 0.6) is 0 Å². The summed E-state index contributed by atoms with van der Waals surface area (Å²) in [6.45, 7) is 2.80. The molecule has 8 heteroatoms. The van der Waals surface area contributed by atoms with Crippen LogP contribution < -0.4 is 5.32 Å². The summed E-state index contributed by atoms with van der Waals surface area (Å²) in [6, 6.07) is -0.769. The van der Waals surface area contributed by atoms with Crippen molar-refractivity contribution in [2.45, 2.75) is 48.0 Å². The van der Waals surface area contributed by atoms with Crippen LogP contribution in [0.4, 0.5) is 0 Å². The first-order chi connectivity index (χ1) is 11.9. The maximum absolute atomic E-state index is 12.9. The van der Waals surface area contributed by atoms with Crippen molar-refractivity contribution in [1.29, 1.82) is 0 Å². The highest BCUT2D eigenvalue weighted by Crippen LogP contribution is 2.60. The third-order valence-corrected chi connectivity index (χ3v) is 9.52. The van der Waals surface area contributed by atoms with Crippen LogP contribution in [0, 0.1) is 23.7 Å². The van der Waals surface area contributed by atoms with Crippen molar-refractivity contribution in [2.75, 3.05) is 13.2 Å². The highest BCUT2D eigenvalue weighted by molar-refractivity contribution is 9.12. The molecular weight excluding hydrogens is 456 g/mol. The van der Waals surface area contributed by atoms with Crippen molar-refractivity contribution in [1.82, 2.24) is 10.2 Å². The molecule has 25 heavy (non-hydrogen) atoms. The lowest BCUT2D eigenvalue weighted by molar-refractivity contribution is -0.148. The molecule has 4 rings (SSSR count). The number of amides is 3. The first-order valence-corrected chi connectivity index (χ1v) is 10.8. The van der Waals surface area contributed by atoms with E-state index in [1.54, 1.807) is 6.92 Å². The third-order valence-electron chi connectivity index (χ3n) is 6.32. The molecule has 2 aliphatic heterocycles. The molecule has 2 saturated heterocycles. The molecule has 8 atom stereocenters. The van der Waals surface area contributed by atoms with Gasteiger partial charge in [-0.3, -0.25) is 19.3 Å². The van der Waals surface area contributed by atoms with Gasteiger partial charge in [-0.25, -0.2) is 0 Å². The second-order valence-corrected chi connectivity index (χ2v) is 9.72. The molecule has 2 bridgehead atoms. The van der Waals surface area contributed by atoms with E-state index in [0.717, 1.165) is 25.9 Å².